The van der Waals surface area contributed by atoms with E-state index in [4.69, 9.17) is 0 Å². The van der Waals surface area contributed by atoms with Crippen molar-refractivity contribution >= 4 is 5.91 Å². The molecular formula is C11H11NO. The number of carbonyl (C=O) groups excluding carboxylic acids is 1. The molecule has 1 aliphatic carbocycles. The summed E-state index contributed by atoms with van der Waals surface area (Å²) in [5, 5.41) is 2.92. The fourth-order valence-corrected chi connectivity index (χ4v) is 2.45. The van der Waals surface area contributed by atoms with Crippen molar-refractivity contribution in [2.45, 2.75) is 11.8 Å². The molecule has 2 nitrogen and oxygen atoms in total. The van der Waals surface area contributed by atoms with E-state index in [-0.39, 0.29) is 11.3 Å². The van der Waals surface area contributed by atoms with E-state index in [1.54, 1.807) is 0 Å². The van der Waals surface area contributed by atoms with E-state index in [1.165, 1.54) is 5.56 Å². The van der Waals surface area contributed by atoms with Gasteiger partial charge < -0.3 is 5.32 Å². The molecule has 0 spiro atoms. The zero-order chi connectivity index (χ0) is 8.89. The van der Waals surface area contributed by atoms with E-state index in [0.717, 1.165) is 13.0 Å². The molecule has 0 bridgehead atoms. The van der Waals surface area contributed by atoms with Gasteiger partial charge in [-0.15, -0.1) is 0 Å². The Morgan fingerprint density at radius 3 is 2.62 bits per heavy atom. The molecule has 0 radical (unpaired) electrons. The lowest BCUT2D eigenvalue weighted by atomic mass is 9.94. The number of fused-ring (bicyclic) bond motifs is 1. The van der Waals surface area contributed by atoms with Crippen molar-refractivity contribution in [2.75, 3.05) is 6.54 Å². The van der Waals surface area contributed by atoms with Crippen LogP contribution in [0.3, 0.4) is 0 Å². The second kappa shape index (κ2) is 2.13. The average molecular weight is 173 g/mol. The number of hydrogen-bond donors (Lipinski definition) is 1. The molecule has 1 aliphatic heterocycles. The molecular weight excluding hydrogens is 162 g/mol. The van der Waals surface area contributed by atoms with Crippen molar-refractivity contribution in [3.8, 4) is 0 Å². The standard InChI is InChI=1S/C11H11NO/c13-10-11(6-9(11)7-12-10)8-4-2-1-3-5-8/h1-5,9H,6-7H2,(H,12,13)/t9-,11+/m0/s1. The van der Waals surface area contributed by atoms with E-state index < -0.39 is 0 Å². The van der Waals surface area contributed by atoms with Crippen molar-refractivity contribution in [1.29, 1.82) is 0 Å². The molecule has 66 valence electrons. The fourth-order valence-electron chi connectivity index (χ4n) is 2.45. The molecule has 2 fully saturated rings. The van der Waals surface area contributed by atoms with Crippen LogP contribution in [0, 0.1) is 5.92 Å². The van der Waals surface area contributed by atoms with Crippen molar-refractivity contribution < 1.29 is 4.79 Å². The smallest absolute Gasteiger partial charge is 0.231 e. The average Bonchev–Trinajstić information content (AvgIpc) is 2.84. The number of rotatable bonds is 1. The number of benzene rings is 1. The number of piperidine rings is 1. The quantitative estimate of drug-likeness (QED) is 0.676. The first-order chi connectivity index (χ1) is 6.34. The van der Waals surface area contributed by atoms with Crippen molar-refractivity contribution in [1.82, 2.24) is 5.32 Å². The van der Waals surface area contributed by atoms with Crippen LogP contribution in [0.5, 0.6) is 0 Å². The first-order valence-electron chi connectivity index (χ1n) is 4.68. The predicted octanol–water partition coefficient (Wildman–Crippen LogP) is 1.07. The van der Waals surface area contributed by atoms with Gasteiger partial charge in [0.15, 0.2) is 0 Å². The summed E-state index contributed by atoms with van der Waals surface area (Å²) in [5.74, 6) is 0.783. The molecule has 1 saturated carbocycles. The fraction of sp³-hybridized carbons (Fsp3) is 0.364. The third kappa shape index (κ3) is 0.755. The summed E-state index contributed by atoms with van der Waals surface area (Å²) in [4.78, 5) is 11.6. The summed E-state index contributed by atoms with van der Waals surface area (Å²) in [6.45, 7) is 0.869. The molecule has 0 aromatic heterocycles. The summed E-state index contributed by atoms with van der Waals surface area (Å²) >= 11 is 0. The van der Waals surface area contributed by atoms with Crippen LogP contribution in [-0.4, -0.2) is 12.5 Å². The van der Waals surface area contributed by atoms with Gasteiger partial charge in [-0.2, -0.15) is 0 Å². The Morgan fingerprint density at radius 2 is 2.08 bits per heavy atom. The molecule has 0 unspecified atom stereocenters. The minimum atomic E-state index is -0.138. The van der Waals surface area contributed by atoms with Crippen LogP contribution in [0.15, 0.2) is 30.3 Å². The van der Waals surface area contributed by atoms with Crippen molar-refractivity contribution in [2.24, 2.45) is 5.92 Å². The largest absolute Gasteiger partial charge is 0.355 e. The summed E-state index contributed by atoms with van der Waals surface area (Å²) in [7, 11) is 0. The van der Waals surface area contributed by atoms with Gasteiger partial charge in [-0.3, -0.25) is 4.79 Å². The maximum atomic E-state index is 11.6. The second-order valence-electron chi connectivity index (χ2n) is 3.95. The van der Waals surface area contributed by atoms with Crippen LogP contribution in [-0.2, 0) is 10.2 Å². The van der Waals surface area contributed by atoms with E-state index in [1.807, 2.05) is 18.2 Å². The Kier molecular flexibility index (Phi) is 1.17. The first-order valence-corrected chi connectivity index (χ1v) is 4.68. The number of nitrogens with one attached hydrogen (secondary N) is 1. The summed E-state index contributed by atoms with van der Waals surface area (Å²) in [6.07, 6.45) is 1.04. The van der Waals surface area contributed by atoms with Crippen molar-refractivity contribution in [3.63, 3.8) is 0 Å². The lowest BCUT2D eigenvalue weighted by molar-refractivity contribution is -0.122. The van der Waals surface area contributed by atoms with E-state index in [0.29, 0.717) is 5.92 Å². The monoisotopic (exact) mass is 173 g/mol. The molecule has 2 heteroatoms. The lowest BCUT2D eigenvalue weighted by Crippen LogP contribution is -2.27. The highest BCUT2D eigenvalue weighted by Crippen LogP contribution is 2.56. The summed E-state index contributed by atoms with van der Waals surface area (Å²) in [5.41, 5.74) is 1.05. The normalized spacial score (nSPS) is 35.4. The van der Waals surface area contributed by atoms with Gasteiger partial charge in [0.05, 0.1) is 5.41 Å². The van der Waals surface area contributed by atoms with Crippen LogP contribution in [0.4, 0.5) is 0 Å². The summed E-state index contributed by atoms with van der Waals surface area (Å²) < 4.78 is 0. The molecule has 1 heterocycles. The van der Waals surface area contributed by atoms with Gasteiger partial charge in [0.1, 0.15) is 0 Å². The molecule has 1 saturated heterocycles. The molecule has 1 aromatic carbocycles. The van der Waals surface area contributed by atoms with Gasteiger partial charge >= 0.3 is 0 Å². The van der Waals surface area contributed by atoms with Crippen LogP contribution < -0.4 is 5.32 Å². The highest BCUT2D eigenvalue weighted by molar-refractivity contribution is 5.94. The van der Waals surface area contributed by atoms with Crippen molar-refractivity contribution in [3.05, 3.63) is 35.9 Å². The first kappa shape index (κ1) is 7.13. The third-order valence-corrected chi connectivity index (χ3v) is 3.31. The van der Waals surface area contributed by atoms with Gasteiger partial charge in [0, 0.05) is 6.54 Å². The maximum Gasteiger partial charge on any atom is 0.231 e. The molecule has 1 aromatic rings. The summed E-state index contributed by atoms with van der Waals surface area (Å²) in [6, 6.07) is 10.1. The molecule has 1 amide bonds. The zero-order valence-electron chi connectivity index (χ0n) is 7.29. The van der Waals surface area contributed by atoms with E-state index in [9.17, 15) is 4.79 Å². The number of hydrogen-bond acceptors (Lipinski definition) is 1. The second-order valence-corrected chi connectivity index (χ2v) is 3.95. The lowest BCUT2D eigenvalue weighted by Gasteiger charge is -2.09. The van der Waals surface area contributed by atoms with Gasteiger partial charge in [-0.25, -0.2) is 0 Å². The van der Waals surface area contributed by atoms with Crippen LogP contribution >= 0.6 is 0 Å². The highest BCUT2D eigenvalue weighted by atomic mass is 16.2. The van der Waals surface area contributed by atoms with Gasteiger partial charge in [0.2, 0.25) is 5.91 Å². The molecule has 2 aliphatic rings. The predicted molar refractivity (Wildman–Crippen MR) is 49.2 cm³/mol. The van der Waals surface area contributed by atoms with Crippen LogP contribution in [0.2, 0.25) is 0 Å². The molecule has 13 heavy (non-hydrogen) atoms. The number of carbonyl (C=O) groups is 1. The Morgan fingerprint density at radius 1 is 1.31 bits per heavy atom. The topological polar surface area (TPSA) is 29.1 Å². The van der Waals surface area contributed by atoms with Gasteiger partial charge in [-0.1, -0.05) is 30.3 Å². The van der Waals surface area contributed by atoms with Crippen LogP contribution in [0.25, 0.3) is 0 Å². The number of amides is 1. The SMILES string of the molecule is O=C1NC[C@@H]2C[C@]12c1ccccc1. The minimum absolute atomic E-state index is 0.138. The van der Waals surface area contributed by atoms with Gasteiger partial charge in [0.25, 0.3) is 0 Å². The Labute approximate surface area is 77.0 Å². The molecule has 3 rings (SSSR count). The maximum absolute atomic E-state index is 11.6. The Hall–Kier alpha value is -1.31. The van der Waals surface area contributed by atoms with Gasteiger partial charge in [-0.05, 0) is 17.9 Å². The Balaban J connectivity index is 2.07. The van der Waals surface area contributed by atoms with Crippen LogP contribution in [0.1, 0.15) is 12.0 Å². The minimum Gasteiger partial charge on any atom is -0.355 e. The van der Waals surface area contributed by atoms with E-state index >= 15 is 0 Å². The molecule has 1 N–H and O–H groups in total. The van der Waals surface area contributed by atoms with E-state index in [2.05, 4.69) is 17.4 Å². The highest BCUT2D eigenvalue weighted by Gasteiger charge is 2.64. The zero-order valence-corrected chi connectivity index (χ0v) is 7.29. The Bertz CT molecular complexity index is 360. The molecule has 2 atom stereocenters. The third-order valence-electron chi connectivity index (χ3n) is 3.31.